The molecule has 0 bridgehead atoms. The van der Waals surface area contributed by atoms with Gasteiger partial charge in [-0.15, -0.1) is 0 Å². The molecular weight excluding hydrogens is 601 g/mol. The van der Waals surface area contributed by atoms with Crippen LogP contribution in [0, 0.1) is 0 Å². The number of benzene rings is 3. The first-order chi connectivity index (χ1) is 21.5. The van der Waals surface area contributed by atoms with Crippen molar-refractivity contribution in [3.05, 3.63) is 113 Å². The van der Waals surface area contributed by atoms with Crippen molar-refractivity contribution in [1.29, 1.82) is 0 Å². The number of hydrogen-bond donors (Lipinski definition) is 0. The topological polar surface area (TPSA) is 82.7 Å². The van der Waals surface area contributed by atoms with E-state index in [1.807, 2.05) is 35.1 Å². The Hall–Kier alpha value is -4.09. The van der Waals surface area contributed by atoms with Gasteiger partial charge in [0, 0.05) is 60.5 Å². The van der Waals surface area contributed by atoms with Crippen molar-refractivity contribution in [1.82, 2.24) is 24.5 Å². The molecule has 0 aliphatic carbocycles. The van der Waals surface area contributed by atoms with Gasteiger partial charge in [-0.3, -0.25) is 0 Å². The first-order valence-electron chi connectivity index (χ1n) is 14.5. The average molecular weight is 633 g/mol. The summed E-state index contributed by atoms with van der Waals surface area (Å²) in [4.78, 5) is 8.87. The molecule has 0 N–H and O–H groups in total. The van der Waals surface area contributed by atoms with E-state index in [2.05, 4.69) is 61.4 Å². The zero-order chi connectivity index (χ0) is 29.9. The molecule has 0 amide bonds. The van der Waals surface area contributed by atoms with E-state index in [9.17, 15) is 0 Å². The van der Waals surface area contributed by atoms with Gasteiger partial charge < -0.3 is 24.0 Å². The van der Waals surface area contributed by atoms with Crippen LogP contribution in [0.1, 0.15) is 5.56 Å². The summed E-state index contributed by atoms with van der Waals surface area (Å²) >= 11 is 12.7. The fraction of sp³-hybridized carbons (Fsp3) is 0.281. The van der Waals surface area contributed by atoms with Crippen molar-refractivity contribution in [2.75, 3.05) is 49.2 Å². The molecule has 10 nitrogen and oxygen atoms in total. The molecule has 44 heavy (non-hydrogen) atoms. The fourth-order valence-corrected chi connectivity index (χ4v) is 6.24. The Morgan fingerprint density at radius 2 is 1.57 bits per heavy atom. The van der Waals surface area contributed by atoms with Crippen LogP contribution < -0.4 is 14.5 Å². The number of ether oxygens (including phenoxy) is 3. The second kappa shape index (κ2) is 12.5. The van der Waals surface area contributed by atoms with E-state index in [1.54, 1.807) is 29.3 Å². The Labute approximate surface area is 265 Å². The van der Waals surface area contributed by atoms with Gasteiger partial charge in [-0.1, -0.05) is 29.3 Å². The largest absolute Gasteiger partial charge is 0.491 e. The third-order valence-corrected chi connectivity index (χ3v) is 8.49. The monoisotopic (exact) mass is 631 g/mol. The van der Waals surface area contributed by atoms with Crippen LogP contribution >= 0.6 is 23.2 Å². The van der Waals surface area contributed by atoms with Crippen LogP contribution in [0.2, 0.25) is 10.0 Å². The molecule has 7 rings (SSSR count). The van der Waals surface area contributed by atoms with E-state index >= 15 is 0 Å². The van der Waals surface area contributed by atoms with Gasteiger partial charge in [0.15, 0.2) is 0 Å². The number of piperazine rings is 1. The molecule has 3 aromatic carbocycles. The Morgan fingerprint density at radius 1 is 0.864 bits per heavy atom. The molecule has 0 radical (unpaired) electrons. The standard InChI is InChI=1S/C32H31Cl2N7O3/c33-24-2-11-30(31(34)18-24)32(21-40-23-35-22-37-40)43-20-29(44-32)19-42-28-9-7-26(8-10-28)39-16-14-38(15-17-39)25-3-5-27(6-4-25)41-13-1-12-36-41/h1-13,18,22-23,29H,14-17,19-21H2. The average Bonchev–Trinajstić information content (AvgIpc) is 3.85. The molecule has 2 fully saturated rings. The van der Waals surface area contributed by atoms with Gasteiger partial charge in [0.1, 0.15) is 37.7 Å². The number of aromatic nitrogens is 5. The fourth-order valence-electron chi connectivity index (χ4n) is 5.69. The third kappa shape index (κ3) is 6.11. The van der Waals surface area contributed by atoms with Crippen LogP contribution in [0.15, 0.2) is 97.8 Å². The summed E-state index contributed by atoms with van der Waals surface area (Å²) in [6.45, 7) is 4.72. The highest BCUT2D eigenvalue weighted by Gasteiger charge is 2.45. The number of nitrogens with zero attached hydrogens (tertiary/aromatic N) is 7. The van der Waals surface area contributed by atoms with E-state index in [4.69, 9.17) is 37.4 Å². The highest BCUT2D eigenvalue weighted by molar-refractivity contribution is 6.35. The number of rotatable bonds is 9. The smallest absolute Gasteiger partial charge is 0.217 e. The van der Waals surface area contributed by atoms with Crippen molar-refractivity contribution in [3.8, 4) is 11.4 Å². The van der Waals surface area contributed by atoms with Crippen molar-refractivity contribution >= 4 is 34.6 Å². The number of hydrogen-bond acceptors (Lipinski definition) is 8. The zero-order valence-corrected chi connectivity index (χ0v) is 25.4. The van der Waals surface area contributed by atoms with Gasteiger partial charge in [0.05, 0.1) is 17.3 Å². The van der Waals surface area contributed by atoms with Gasteiger partial charge in [0.25, 0.3) is 0 Å². The molecule has 226 valence electrons. The summed E-state index contributed by atoms with van der Waals surface area (Å²) in [6.07, 6.45) is 6.51. The highest BCUT2D eigenvalue weighted by atomic mass is 35.5. The zero-order valence-electron chi connectivity index (χ0n) is 23.9. The molecular formula is C32H31Cl2N7O3. The normalized spacial score (nSPS) is 20.3. The molecule has 4 heterocycles. The summed E-state index contributed by atoms with van der Waals surface area (Å²) in [5.74, 6) is -0.372. The van der Waals surface area contributed by atoms with E-state index < -0.39 is 5.79 Å². The molecule has 5 aromatic rings. The van der Waals surface area contributed by atoms with Gasteiger partial charge >= 0.3 is 0 Å². The Bertz CT molecular complexity index is 1660. The van der Waals surface area contributed by atoms with Gasteiger partial charge in [0.2, 0.25) is 5.79 Å². The molecule has 12 heteroatoms. The van der Waals surface area contributed by atoms with Crippen LogP contribution in [-0.4, -0.2) is 70.0 Å². The quantitative estimate of drug-likeness (QED) is 0.213. The van der Waals surface area contributed by atoms with E-state index in [-0.39, 0.29) is 12.6 Å². The van der Waals surface area contributed by atoms with Crippen LogP contribution in [0.3, 0.4) is 0 Å². The Kier molecular flexibility index (Phi) is 8.14. The minimum absolute atomic E-state index is 0.281. The lowest BCUT2D eigenvalue weighted by atomic mass is 10.1. The summed E-state index contributed by atoms with van der Waals surface area (Å²) in [6, 6.07) is 24.0. The molecule has 2 aliphatic rings. The predicted octanol–water partition coefficient (Wildman–Crippen LogP) is 5.44. The van der Waals surface area contributed by atoms with Crippen LogP contribution in [0.5, 0.6) is 5.75 Å². The molecule has 2 aromatic heterocycles. The predicted molar refractivity (Wildman–Crippen MR) is 169 cm³/mol. The lowest BCUT2D eigenvalue weighted by Crippen LogP contribution is -2.46. The molecule has 2 unspecified atom stereocenters. The highest BCUT2D eigenvalue weighted by Crippen LogP contribution is 2.40. The van der Waals surface area contributed by atoms with Gasteiger partial charge in [-0.2, -0.15) is 10.2 Å². The van der Waals surface area contributed by atoms with Crippen LogP contribution in [-0.2, 0) is 21.8 Å². The summed E-state index contributed by atoms with van der Waals surface area (Å²) < 4.78 is 22.4. The maximum absolute atomic E-state index is 6.57. The van der Waals surface area contributed by atoms with Crippen molar-refractivity contribution < 1.29 is 14.2 Å². The van der Waals surface area contributed by atoms with Crippen molar-refractivity contribution in [3.63, 3.8) is 0 Å². The molecule has 2 saturated heterocycles. The Balaban J connectivity index is 0.936. The van der Waals surface area contributed by atoms with E-state index in [0.29, 0.717) is 28.8 Å². The van der Waals surface area contributed by atoms with Gasteiger partial charge in [-0.25, -0.2) is 14.3 Å². The molecule has 0 spiro atoms. The Morgan fingerprint density at radius 3 is 2.20 bits per heavy atom. The minimum Gasteiger partial charge on any atom is -0.491 e. The number of anilines is 2. The third-order valence-electron chi connectivity index (χ3n) is 7.94. The van der Waals surface area contributed by atoms with Crippen molar-refractivity contribution in [2.24, 2.45) is 0 Å². The summed E-state index contributed by atoms with van der Waals surface area (Å²) in [5.41, 5.74) is 4.14. The lowest BCUT2D eigenvalue weighted by Gasteiger charge is -2.37. The lowest BCUT2D eigenvalue weighted by molar-refractivity contribution is -0.190. The number of halogens is 2. The second-order valence-electron chi connectivity index (χ2n) is 10.8. The molecule has 2 aliphatic heterocycles. The minimum atomic E-state index is -1.14. The van der Waals surface area contributed by atoms with E-state index in [0.717, 1.165) is 37.6 Å². The van der Waals surface area contributed by atoms with Crippen LogP contribution in [0.25, 0.3) is 5.69 Å². The van der Waals surface area contributed by atoms with Gasteiger partial charge in [-0.05, 0) is 66.7 Å². The maximum atomic E-state index is 6.57. The van der Waals surface area contributed by atoms with Crippen LogP contribution in [0.4, 0.5) is 11.4 Å². The summed E-state index contributed by atoms with van der Waals surface area (Å²) in [7, 11) is 0. The molecule has 2 atom stereocenters. The second-order valence-corrected chi connectivity index (χ2v) is 11.6. The summed E-state index contributed by atoms with van der Waals surface area (Å²) in [5, 5.41) is 9.53. The SMILES string of the molecule is Clc1ccc(C2(Cn3cncn3)OCC(COc3ccc(N4CCN(c5ccc(-n6cccn6)cc5)CC4)cc3)O2)c(Cl)c1. The van der Waals surface area contributed by atoms with E-state index in [1.165, 1.54) is 17.7 Å². The maximum Gasteiger partial charge on any atom is 0.217 e. The first kappa shape index (κ1) is 28.7. The van der Waals surface area contributed by atoms with Crippen molar-refractivity contribution in [2.45, 2.75) is 18.4 Å². The molecule has 0 saturated carbocycles. The first-order valence-corrected chi connectivity index (χ1v) is 15.2.